The zero-order valence-electron chi connectivity index (χ0n) is 15.5. The number of hydrogen-bond acceptors (Lipinski definition) is 6. The Morgan fingerprint density at radius 2 is 2.32 bits per heavy atom. The third-order valence-corrected chi connectivity index (χ3v) is 5.86. The van der Waals surface area contributed by atoms with Gasteiger partial charge in [0.25, 0.3) is 0 Å². The topological polar surface area (TPSA) is 74.0 Å². The molecule has 138 valence electrons. The summed E-state index contributed by atoms with van der Waals surface area (Å²) in [5, 5.41) is 4.36. The number of anilines is 1. The maximum Gasteiger partial charge on any atom is 0.224 e. The number of amides is 1. The van der Waals surface area contributed by atoms with Gasteiger partial charge in [-0.05, 0) is 32.5 Å². The molecule has 0 aromatic carbocycles. The molecule has 7 heteroatoms. The van der Waals surface area contributed by atoms with Gasteiger partial charge in [0.1, 0.15) is 0 Å². The Balaban J connectivity index is 1.98. The van der Waals surface area contributed by atoms with Crippen molar-refractivity contribution in [2.24, 2.45) is 10.7 Å². The van der Waals surface area contributed by atoms with Gasteiger partial charge in [0.15, 0.2) is 0 Å². The number of fused-ring (bicyclic) bond motifs is 1. The Hall–Kier alpha value is -1.86. The van der Waals surface area contributed by atoms with Crippen LogP contribution in [0.15, 0.2) is 16.9 Å². The first-order valence-corrected chi connectivity index (χ1v) is 9.53. The van der Waals surface area contributed by atoms with Gasteiger partial charge in [-0.1, -0.05) is 0 Å². The Morgan fingerprint density at radius 3 is 2.92 bits per heavy atom. The van der Waals surface area contributed by atoms with E-state index in [9.17, 15) is 4.79 Å². The number of nitrogens with zero attached hydrogens (tertiary/aromatic N) is 3. The van der Waals surface area contributed by atoms with Crippen LogP contribution in [-0.2, 0) is 24.3 Å². The van der Waals surface area contributed by atoms with Crippen LogP contribution in [-0.4, -0.2) is 49.1 Å². The molecule has 0 bridgehead atoms. The molecular formula is C18H29N5OS. The number of nitrogens with one attached hydrogen (secondary N) is 1. The van der Waals surface area contributed by atoms with E-state index >= 15 is 0 Å². The Morgan fingerprint density at radius 1 is 1.56 bits per heavy atom. The molecule has 0 unspecified atom stereocenters. The molecule has 1 aromatic rings. The van der Waals surface area contributed by atoms with Crippen molar-refractivity contribution in [2.45, 2.75) is 39.8 Å². The maximum atomic E-state index is 12.6. The van der Waals surface area contributed by atoms with Crippen LogP contribution in [0.2, 0.25) is 0 Å². The average Bonchev–Trinajstić information content (AvgIpc) is 3.01. The lowest BCUT2D eigenvalue weighted by Gasteiger charge is -2.28. The minimum Gasteiger partial charge on any atom is -0.380 e. The van der Waals surface area contributed by atoms with Gasteiger partial charge in [0.2, 0.25) is 5.91 Å². The van der Waals surface area contributed by atoms with Crippen LogP contribution in [0.4, 0.5) is 5.00 Å². The molecule has 0 spiro atoms. The minimum absolute atomic E-state index is 0.204. The van der Waals surface area contributed by atoms with E-state index in [2.05, 4.69) is 28.9 Å². The van der Waals surface area contributed by atoms with Crippen molar-refractivity contribution in [3.63, 3.8) is 0 Å². The van der Waals surface area contributed by atoms with Crippen molar-refractivity contribution < 1.29 is 4.79 Å². The fraction of sp³-hybridized carbons (Fsp3) is 0.556. The number of aliphatic imine (C=N–C) groups is 1. The van der Waals surface area contributed by atoms with Crippen LogP contribution in [0.3, 0.4) is 0 Å². The molecule has 1 amide bonds. The van der Waals surface area contributed by atoms with Gasteiger partial charge >= 0.3 is 0 Å². The smallest absolute Gasteiger partial charge is 0.224 e. The van der Waals surface area contributed by atoms with E-state index in [1.54, 1.807) is 11.3 Å². The van der Waals surface area contributed by atoms with Crippen LogP contribution in [0.1, 0.15) is 36.3 Å². The van der Waals surface area contributed by atoms with Crippen molar-refractivity contribution in [1.82, 2.24) is 9.80 Å². The van der Waals surface area contributed by atoms with Crippen molar-refractivity contribution in [3.05, 3.63) is 27.9 Å². The summed E-state index contributed by atoms with van der Waals surface area (Å²) in [6.45, 7) is 11.1. The van der Waals surface area contributed by atoms with Crippen molar-refractivity contribution in [2.75, 3.05) is 32.0 Å². The average molecular weight is 364 g/mol. The third-order valence-electron chi connectivity index (χ3n) is 4.59. The molecule has 1 aliphatic rings. The van der Waals surface area contributed by atoms with E-state index in [-0.39, 0.29) is 5.91 Å². The lowest BCUT2D eigenvalue weighted by atomic mass is 10.0. The Kier molecular flexibility index (Phi) is 7.01. The predicted octanol–water partition coefficient (Wildman–Crippen LogP) is 2.41. The molecule has 6 nitrogen and oxygen atoms in total. The monoisotopic (exact) mass is 363 g/mol. The Labute approximate surface area is 154 Å². The van der Waals surface area contributed by atoms with Crippen molar-refractivity contribution >= 4 is 29.0 Å². The highest BCUT2D eigenvalue weighted by molar-refractivity contribution is 7.16. The highest BCUT2D eigenvalue weighted by Crippen LogP contribution is 2.36. The summed E-state index contributed by atoms with van der Waals surface area (Å²) in [6, 6.07) is 0. The summed E-state index contributed by atoms with van der Waals surface area (Å²) in [4.78, 5) is 21.9. The second-order valence-electron chi connectivity index (χ2n) is 6.14. The SMILES string of the molecule is C=N/C(C)=C\N(CC)CCC(=O)N1CCc2c(sc(NC)c2CN)C1. The number of rotatable bonds is 8. The van der Waals surface area contributed by atoms with E-state index in [0.717, 1.165) is 30.2 Å². The number of thiophene rings is 1. The standard InChI is InChI=1S/C18H29N5OS/c1-5-22(11-13(2)20-3)8-7-17(24)23-9-6-14-15(10-19)18(21-4)25-16(14)12-23/h11,21H,3,5-10,12,19H2,1-2,4H3/b13-11-. The number of carbonyl (C=O) groups is 1. The first-order valence-electron chi connectivity index (χ1n) is 8.72. The molecule has 0 saturated heterocycles. The maximum absolute atomic E-state index is 12.6. The molecule has 0 aliphatic carbocycles. The molecule has 3 N–H and O–H groups in total. The first-order chi connectivity index (χ1) is 12.0. The zero-order chi connectivity index (χ0) is 18.4. The van der Waals surface area contributed by atoms with Crippen LogP contribution in [0.5, 0.6) is 0 Å². The third kappa shape index (κ3) is 4.61. The lowest BCUT2D eigenvalue weighted by Crippen LogP contribution is -2.37. The second kappa shape index (κ2) is 9.01. The number of hydrogen-bond donors (Lipinski definition) is 2. The highest BCUT2D eigenvalue weighted by atomic mass is 32.1. The summed E-state index contributed by atoms with van der Waals surface area (Å²) >= 11 is 1.72. The van der Waals surface area contributed by atoms with Gasteiger partial charge in [-0.25, -0.2) is 0 Å². The fourth-order valence-electron chi connectivity index (χ4n) is 3.12. The molecule has 2 rings (SSSR count). The van der Waals surface area contributed by atoms with E-state index in [4.69, 9.17) is 5.73 Å². The normalized spacial score (nSPS) is 14.2. The van der Waals surface area contributed by atoms with Gasteiger partial charge in [-0.15, -0.1) is 11.3 Å². The molecule has 0 atom stereocenters. The van der Waals surface area contributed by atoms with Crippen LogP contribution < -0.4 is 11.1 Å². The summed E-state index contributed by atoms with van der Waals surface area (Å²) in [5.41, 5.74) is 9.32. The number of carbonyl (C=O) groups excluding carboxylic acids is 1. The molecule has 25 heavy (non-hydrogen) atoms. The fourth-order valence-corrected chi connectivity index (χ4v) is 4.36. The van der Waals surface area contributed by atoms with Crippen LogP contribution in [0, 0.1) is 0 Å². The van der Waals surface area contributed by atoms with Crippen LogP contribution in [0.25, 0.3) is 0 Å². The summed E-state index contributed by atoms with van der Waals surface area (Å²) < 4.78 is 0. The summed E-state index contributed by atoms with van der Waals surface area (Å²) in [5.74, 6) is 0.204. The Bertz CT molecular complexity index is 652. The van der Waals surface area contributed by atoms with E-state index in [1.165, 1.54) is 16.0 Å². The largest absolute Gasteiger partial charge is 0.380 e. The first kappa shape index (κ1) is 19.5. The molecule has 0 radical (unpaired) electrons. The van der Waals surface area contributed by atoms with Gasteiger partial charge in [0.05, 0.1) is 17.2 Å². The van der Waals surface area contributed by atoms with Gasteiger partial charge in [0, 0.05) is 56.3 Å². The number of nitrogens with two attached hydrogens (primary N) is 1. The van der Waals surface area contributed by atoms with Crippen molar-refractivity contribution in [1.29, 1.82) is 0 Å². The molecule has 0 fully saturated rings. The minimum atomic E-state index is 0.204. The van der Waals surface area contributed by atoms with E-state index in [0.29, 0.717) is 26.1 Å². The van der Waals surface area contributed by atoms with E-state index < -0.39 is 0 Å². The summed E-state index contributed by atoms with van der Waals surface area (Å²) in [7, 11) is 1.92. The predicted molar refractivity (Wildman–Crippen MR) is 106 cm³/mol. The number of allylic oxidation sites excluding steroid dienone is 1. The highest BCUT2D eigenvalue weighted by Gasteiger charge is 2.25. The van der Waals surface area contributed by atoms with Gasteiger partial charge in [-0.2, -0.15) is 0 Å². The van der Waals surface area contributed by atoms with Crippen molar-refractivity contribution in [3.8, 4) is 0 Å². The molecule has 1 aliphatic heterocycles. The van der Waals surface area contributed by atoms with Gasteiger partial charge < -0.3 is 20.9 Å². The second-order valence-corrected chi connectivity index (χ2v) is 7.24. The van der Waals surface area contributed by atoms with Gasteiger partial charge in [-0.3, -0.25) is 9.79 Å². The molecular weight excluding hydrogens is 334 g/mol. The molecule has 0 saturated carbocycles. The zero-order valence-corrected chi connectivity index (χ0v) is 16.3. The van der Waals surface area contributed by atoms with E-state index in [1.807, 2.05) is 25.1 Å². The lowest BCUT2D eigenvalue weighted by molar-refractivity contribution is -0.132. The summed E-state index contributed by atoms with van der Waals surface area (Å²) in [6.07, 6.45) is 3.36. The van der Waals surface area contributed by atoms with Crippen LogP contribution >= 0.6 is 11.3 Å². The molecule has 2 heterocycles. The quantitative estimate of drug-likeness (QED) is 0.696. The molecule has 1 aromatic heterocycles.